The van der Waals surface area contributed by atoms with E-state index in [2.05, 4.69) is 0 Å². The normalized spacial score (nSPS) is 51.3. The predicted octanol–water partition coefficient (Wildman–Crippen LogP) is 2.39. The number of ketones is 2. The van der Waals surface area contributed by atoms with E-state index in [1.165, 1.54) is 0 Å². The highest BCUT2D eigenvalue weighted by Gasteiger charge is 2.81. The van der Waals surface area contributed by atoms with E-state index in [1.54, 1.807) is 18.2 Å². The molecule has 6 heteroatoms. The molecule has 1 aromatic carbocycles. The van der Waals surface area contributed by atoms with Gasteiger partial charge in [-0.3, -0.25) is 9.59 Å². The molecule has 0 amide bonds. The Kier molecular flexibility index (Phi) is 2.22. The molecule has 5 fully saturated rings. The van der Waals surface area contributed by atoms with Crippen LogP contribution < -0.4 is 0 Å². The van der Waals surface area contributed by atoms with Crippen LogP contribution in [0.1, 0.15) is 12.0 Å². The second-order valence-electron chi connectivity index (χ2n) is 7.30. The second-order valence-corrected chi connectivity index (χ2v) is 8.15. The monoisotopic (exact) mass is 350 g/mol. The van der Waals surface area contributed by atoms with Crippen LogP contribution in [-0.4, -0.2) is 29.9 Å². The zero-order chi connectivity index (χ0) is 15.7. The van der Waals surface area contributed by atoms with Crippen molar-refractivity contribution >= 4 is 34.8 Å². The Morgan fingerprint density at radius 3 is 2.61 bits per heavy atom. The van der Waals surface area contributed by atoms with Crippen LogP contribution >= 0.6 is 23.2 Å². The largest absolute Gasteiger partial charge is 0.369 e. The molecule has 5 aliphatic rings. The molecule has 6 rings (SSSR count). The standard InChI is InChI=1S/C17H12Cl2O4/c18-5-1-2-9(19)8(3-5)17-15(21)11-7-4-6(13-14(7)22-13)10(11)12(20)16(17)23-17/h1-3,6-7,10-11,13-14,16H,4H2/t6-,7-,10+,11-,13+,14+,16-,17-/m0/s1. The summed E-state index contributed by atoms with van der Waals surface area (Å²) < 4.78 is 11.4. The highest BCUT2D eigenvalue weighted by atomic mass is 35.5. The van der Waals surface area contributed by atoms with E-state index in [1.807, 2.05) is 0 Å². The Hall–Kier alpha value is -0.940. The van der Waals surface area contributed by atoms with Crippen LogP contribution in [-0.2, 0) is 24.7 Å². The van der Waals surface area contributed by atoms with Crippen molar-refractivity contribution in [2.24, 2.45) is 23.7 Å². The highest BCUT2D eigenvalue weighted by Crippen LogP contribution is 2.68. The number of epoxide rings is 2. The first-order valence-electron chi connectivity index (χ1n) is 7.91. The first-order valence-corrected chi connectivity index (χ1v) is 8.66. The molecule has 4 nitrogen and oxygen atoms in total. The first-order chi connectivity index (χ1) is 11.0. The SMILES string of the molecule is O=C1[C@@H]2[C@@H]3C[C@H]([C@H]4O[C@H]34)[C@@H]2C(=O)[C@]2(c3cc(Cl)ccc3Cl)O[C@@H]12. The van der Waals surface area contributed by atoms with Crippen LogP contribution in [0.2, 0.25) is 10.0 Å². The molecule has 2 heterocycles. The molecule has 0 N–H and O–H groups in total. The zero-order valence-corrected chi connectivity index (χ0v) is 13.4. The molecular formula is C17H12Cl2O4. The van der Waals surface area contributed by atoms with Gasteiger partial charge >= 0.3 is 0 Å². The number of fused-ring (bicyclic) bond motifs is 9. The topological polar surface area (TPSA) is 59.2 Å². The Labute approximate surface area is 142 Å². The Bertz CT molecular complexity index is 808. The summed E-state index contributed by atoms with van der Waals surface area (Å²) in [5.41, 5.74) is -0.681. The summed E-state index contributed by atoms with van der Waals surface area (Å²) in [7, 11) is 0. The van der Waals surface area contributed by atoms with Crippen molar-refractivity contribution < 1.29 is 19.1 Å². The van der Waals surface area contributed by atoms with E-state index in [0.29, 0.717) is 15.6 Å². The van der Waals surface area contributed by atoms with E-state index in [0.717, 1.165) is 6.42 Å². The maximum atomic E-state index is 13.3. The van der Waals surface area contributed by atoms with Crippen molar-refractivity contribution in [1.82, 2.24) is 0 Å². The summed E-state index contributed by atoms with van der Waals surface area (Å²) >= 11 is 12.4. The van der Waals surface area contributed by atoms with Gasteiger partial charge < -0.3 is 9.47 Å². The fourth-order valence-electron chi connectivity index (χ4n) is 5.53. The van der Waals surface area contributed by atoms with Gasteiger partial charge in [0.1, 0.15) is 0 Å². The predicted molar refractivity (Wildman–Crippen MR) is 80.3 cm³/mol. The Balaban J connectivity index is 1.50. The number of benzene rings is 1. The summed E-state index contributed by atoms with van der Waals surface area (Å²) in [5.74, 6) is -0.111. The highest BCUT2D eigenvalue weighted by molar-refractivity contribution is 6.34. The molecule has 118 valence electrons. The molecule has 23 heavy (non-hydrogen) atoms. The first kappa shape index (κ1) is 13.4. The van der Waals surface area contributed by atoms with Gasteiger partial charge in [-0.2, -0.15) is 0 Å². The molecule has 2 aliphatic heterocycles. The fourth-order valence-corrected chi connectivity index (χ4v) is 5.96. The maximum absolute atomic E-state index is 13.3. The number of ether oxygens (including phenoxy) is 2. The van der Waals surface area contributed by atoms with Crippen LogP contribution in [0.3, 0.4) is 0 Å². The van der Waals surface area contributed by atoms with Gasteiger partial charge in [-0.1, -0.05) is 23.2 Å². The van der Waals surface area contributed by atoms with E-state index < -0.39 is 11.7 Å². The van der Waals surface area contributed by atoms with Crippen LogP contribution in [0.25, 0.3) is 0 Å². The number of hydrogen-bond acceptors (Lipinski definition) is 4. The third-order valence-electron chi connectivity index (χ3n) is 6.46. The quantitative estimate of drug-likeness (QED) is 0.729. The summed E-state index contributed by atoms with van der Waals surface area (Å²) in [6.07, 6.45) is 0.580. The number of halogens is 2. The van der Waals surface area contributed by atoms with Crippen molar-refractivity contribution in [2.45, 2.75) is 30.3 Å². The molecule has 3 aliphatic carbocycles. The molecule has 8 atom stereocenters. The lowest BCUT2D eigenvalue weighted by molar-refractivity contribution is -0.140. The van der Waals surface area contributed by atoms with Gasteiger partial charge in [0, 0.05) is 27.4 Å². The smallest absolute Gasteiger partial charge is 0.187 e. The maximum Gasteiger partial charge on any atom is 0.187 e. The molecular weight excluding hydrogens is 339 g/mol. The summed E-state index contributed by atoms with van der Waals surface area (Å²) in [4.78, 5) is 26.2. The number of carbonyl (C=O) groups excluding carboxylic acids is 2. The molecule has 2 bridgehead atoms. The van der Waals surface area contributed by atoms with E-state index in [9.17, 15) is 9.59 Å². The Morgan fingerprint density at radius 1 is 1.09 bits per heavy atom. The minimum absolute atomic E-state index is 0.00211. The lowest BCUT2D eigenvalue weighted by atomic mass is 9.64. The van der Waals surface area contributed by atoms with Gasteiger partial charge in [-0.25, -0.2) is 0 Å². The second kappa shape index (κ2) is 3.83. The average Bonchev–Trinajstić information content (AvgIpc) is 3.42. The van der Waals surface area contributed by atoms with E-state index in [-0.39, 0.29) is 47.4 Å². The van der Waals surface area contributed by atoms with Gasteiger partial charge in [-0.05, 0) is 36.5 Å². The lowest BCUT2D eigenvalue weighted by Gasteiger charge is -2.32. The minimum atomic E-state index is -1.21. The van der Waals surface area contributed by atoms with Crippen LogP contribution in [0.5, 0.6) is 0 Å². The third-order valence-corrected chi connectivity index (χ3v) is 7.02. The molecule has 2 saturated heterocycles. The van der Waals surface area contributed by atoms with Crippen LogP contribution in [0, 0.1) is 23.7 Å². The number of hydrogen-bond donors (Lipinski definition) is 0. The van der Waals surface area contributed by atoms with Crippen molar-refractivity contribution in [3.8, 4) is 0 Å². The number of rotatable bonds is 1. The van der Waals surface area contributed by atoms with Crippen LogP contribution in [0.4, 0.5) is 0 Å². The van der Waals surface area contributed by atoms with Crippen molar-refractivity contribution in [1.29, 1.82) is 0 Å². The summed E-state index contributed by atoms with van der Waals surface area (Å²) in [6, 6.07) is 4.97. The fraction of sp³-hybridized carbons (Fsp3) is 0.529. The van der Waals surface area contributed by atoms with Gasteiger partial charge in [0.25, 0.3) is 0 Å². The van der Waals surface area contributed by atoms with E-state index in [4.69, 9.17) is 32.7 Å². The Morgan fingerprint density at radius 2 is 1.83 bits per heavy atom. The van der Waals surface area contributed by atoms with Crippen LogP contribution in [0.15, 0.2) is 18.2 Å². The molecule has 1 aromatic rings. The van der Waals surface area contributed by atoms with Crippen molar-refractivity contribution in [3.63, 3.8) is 0 Å². The molecule has 0 unspecified atom stereocenters. The van der Waals surface area contributed by atoms with Crippen molar-refractivity contribution in [2.75, 3.05) is 0 Å². The minimum Gasteiger partial charge on any atom is -0.369 e. The lowest BCUT2D eigenvalue weighted by Crippen LogP contribution is -2.50. The summed E-state index contributed by atoms with van der Waals surface area (Å²) in [5, 5.41) is 0.897. The molecule has 0 radical (unpaired) electrons. The third kappa shape index (κ3) is 1.36. The molecule has 0 aromatic heterocycles. The average molecular weight is 351 g/mol. The van der Waals surface area contributed by atoms with Crippen molar-refractivity contribution in [3.05, 3.63) is 33.8 Å². The number of Topliss-reactive ketones (excluding diaryl/α,β-unsaturated/α-hetero) is 2. The van der Waals surface area contributed by atoms with Gasteiger partial charge in [-0.15, -0.1) is 0 Å². The zero-order valence-electron chi connectivity index (χ0n) is 11.9. The molecule has 3 saturated carbocycles. The van der Waals surface area contributed by atoms with Gasteiger partial charge in [0.15, 0.2) is 23.3 Å². The molecule has 0 spiro atoms. The van der Waals surface area contributed by atoms with Gasteiger partial charge in [0.05, 0.1) is 12.2 Å². The van der Waals surface area contributed by atoms with Gasteiger partial charge in [0.2, 0.25) is 0 Å². The summed E-state index contributed by atoms with van der Waals surface area (Å²) in [6.45, 7) is 0. The number of carbonyl (C=O) groups is 2. The van der Waals surface area contributed by atoms with E-state index >= 15 is 0 Å².